The lowest BCUT2D eigenvalue weighted by atomic mass is 10.2. The van der Waals surface area contributed by atoms with Crippen molar-refractivity contribution < 1.29 is 9.47 Å². The summed E-state index contributed by atoms with van der Waals surface area (Å²) in [6.07, 6.45) is 1.83. The van der Waals surface area contributed by atoms with Gasteiger partial charge in [-0.2, -0.15) is 0 Å². The van der Waals surface area contributed by atoms with Crippen LogP contribution in [0.3, 0.4) is 0 Å². The quantitative estimate of drug-likeness (QED) is 0.903. The zero-order valence-corrected chi connectivity index (χ0v) is 11.7. The molecule has 0 amide bonds. The van der Waals surface area contributed by atoms with Crippen molar-refractivity contribution in [2.45, 2.75) is 0 Å². The first-order valence-electron chi connectivity index (χ1n) is 6.66. The number of piperazine rings is 1. The van der Waals surface area contributed by atoms with Gasteiger partial charge in [0.1, 0.15) is 0 Å². The molecule has 20 heavy (non-hydrogen) atoms. The van der Waals surface area contributed by atoms with Gasteiger partial charge < -0.3 is 19.7 Å². The Hall–Kier alpha value is -2.08. The van der Waals surface area contributed by atoms with E-state index in [-0.39, 0.29) is 0 Å². The summed E-state index contributed by atoms with van der Waals surface area (Å²) < 4.78 is 10.6. The molecule has 0 spiro atoms. The summed E-state index contributed by atoms with van der Waals surface area (Å²) in [5.41, 5.74) is 0.867. The third-order valence-corrected chi connectivity index (χ3v) is 3.47. The molecule has 1 aromatic carbocycles. The second kappa shape index (κ2) is 5.50. The predicted octanol–water partition coefficient (Wildman–Crippen LogP) is 1.06. The van der Waals surface area contributed by atoms with Gasteiger partial charge in [0.05, 0.1) is 19.7 Å². The Bertz CT molecular complexity index is 611. The molecule has 1 aliphatic rings. The van der Waals surface area contributed by atoms with E-state index in [0.29, 0.717) is 11.5 Å². The van der Waals surface area contributed by atoms with Crippen molar-refractivity contribution in [3.05, 3.63) is 18.3 Å². The van der Waals surface area contributed by atoms with Crippen LogP contribution in [0.1, 0.15) is 0 Å². The third-order valence-electron chi connectivity index (χ3n) is 3.47. The van der Waals surface area contributed by atoms with Gasteiger partial charge in [-0.1, -0.05) is 0 Å². The number of hydrogen-bond acceptors (Lipinski definition) is 6. The maximum atomic E-state index is 5.32. The molecule has 1 fully saturated rings. The molecule has 0 aliphatic carbocycles. The van der Waals surface area contributed by atoms with Crippen LogP contribution >= 0.6 is 0 Å². The van der Waals surface area contributed by atoms with E-state index in [1.165, 1.54) is 0 Å². The van der Waals surface area contributed by atoms with Crippen LogP contribution in [0.15, 0.2) is 18.3 Å². The van der Waals surface area contributed by atoms with Gasteiger partial charge in [-0.15, -0.1) is 0 Å². The number of rotatable bonds is 3. The summed E-state index contributed by atoms with van der Waals surface area (Å²) in [7, 11) is 3.25. The molecular formula is C14H18N4O2. The van der Waals surface area contributed by atoms with Crippen LogP contribution < -0.4 is 19.7 Å². The zero-order valence-electron chi connectivity index (χ0n) is 11.7. The van der Waals surface area contributed by atoms with Gasteiger partial charge in [-0.25, -0.2) is 9.97 Å². The normalized spacial score (nSPS) is 15.4. The number of aromatic nitrogens is 2. The van der Waals surface area contributed by atoms with Gasteiger partial charge in [0.15, 0.2) is 11.5 Å². The molecule has 1 N–H and O–H groups in total. The van der Waals surface area contributed by atoms with E-state index in [4.69, 9.17) is 9.47 Å². The Balaban J connectivity index is 2.01. The molecule has 106 valence electrons. The summed E-state index contributed by atoms with van der Waals surface area (Å²) in [6.45, 7) is 3.79. The Kier molecular flexibility index (Phi) is 3.56. The number of nitrogens with one attached hydrogen (secondary N) is 1. The fourth-order valence-corrected chi connectivity index (χ4v) is 2.37. The molecule has 3 rings (SSSR count). The lowest BCUT2D eigenvalue weighted by Gasteiger charge is -2.27. The fourth-order valence-electron chi connectivity index (χ4n) is 2.37. The Morgan fingerprint density at radius 3 is 2.50 bits per heavy atom. The smallest absolute Gasteiger partial charge is 0.225 e. The average Bonchev–Trinajstić information content (AvgIpc) is 2.53. The summed E-state index contributed by atoms with van der Waals surface area (Å²) in [5, 5.41) is 4.27. The van der Waals surface area contributed by atoms with E-state index in [9.17, 15) is 0 Å². The minimum absolute atomic E-state index is 0.685. The lowest BCUT2D eigenvalue weighted by molar-refractivity contribution is 0.356. The van der Waals surface area contributed by atoms with E-state index in [0.717, 1.165) is 43.0 Å². The van der Waals surface area contributed by atoms with E-state index in [2.05, 4.69) is 20.2 Å². The third kappa shape index (κ3) is 2.34. The summed E-state index contributed by atoms with van der Waals surface area (Å²) >= 11 is 0. The molecule has 0 radical (unpaired) electrons. The second-order valence-corrected chi connectivity index (χ2v) is 4.67. The van der Waals surface area contributed by atoms with E-state index < -0.39 is 0 Å². The molecular weight excluding hydrogens is 256 g/mol. The van der Waals surface area contributed by atoms with Gasteiger partial charge in [0.2, 0.25) is 5.95 Å². The van der Waals surface area contributed by atoms with Crippen LogP contribution in [-0.4, -0.2) is 50.4 Å². The van der Waals surface area contributed by atoms with Crippen molar-refractivity contribution in [3.8, 4) is 11.5 Å². The summed E-state index contributed by atoms with van der Waals surface area (Å²) in [6, 6.07) is 3.79. The Morgan fingerprint density at radius 2 is 1.80 bits per heavy atom. The van der Waals surface area contributed by atoms with Crippen LogP contribution in [0.4, 0.5) is 5.95 Å². The molecule has 6 heteroatoms. The zero-order chi connectivity index (χ0) is 13.9. The summed E-state index contributed by atoms with van der Waals surface area (Å²) in [5.74, 6) is 2.15. The van der Waals surface area contributed by atoms with Crippen molar-refractivity contribution in [1.82, 2.24) is 15.3 Å². The van der Waals surface area contributed by atoms with E-state index >= 15 is 0 Å². The lowest BCUT2D eigenvalue weighted by Crippen LogP contribution is -2.44. The first-order valence-corrected chi connectivity index (χ1v) is 6.66. The van der Waals surface area contributed by atoms with Gasteiger partial charge in [-0.05, 0) is 6.07 Å². The second-order valence-electron chi connectivity index (χ2n) is 4.67. The van der Waals surface area contributed by atoms with Crippen molar-refractivity contribution in [1.29, 1.82) is 0 Å². The van der Waals surface area contributed by atoms with Crippen molar-refractivity contribution >= 4 is 16.9 Å². The van der Waals surface area contributed by atoms with Gasteiger partial charge >= 0.3 is 0 Å². The number of benzene rings is 1. The molecule has 0 saturated carbocycles. The topological polar surface area (TPSA) is 59.5 Å². The minimum atomic E-state index is 0.685. The number of anilines is 1. The number of methoxy groups -OCH3 is 2. The molecule has 2 heterocycles. The molecule has 1 saturated heterocycles. The van der Waals surface area contributed by atoms with Crippen LogP contribution in [0.5, 0.6) is 11.5 Å². The van der Waals surface area contributed by atoms with Crippen molar-refractivity contribution in [2.24, 2.45) is 0 Å². The first kappa shape index (κ1) is 12.9. The van der Waals surface area contributed by atoms with Gasteiger partial charge in [0, 0.05) is 43.8 Å². The molecule has 0 unspecified atom stereocenters. The molecule has 1 aromatic heterocycles. The SMILES string of the molecule is COc1cc2cnc(N3CCNCC3)nc2cc1OC. The molecule has 0 atom stereocenters. The molecule has 2 aromatic rings. The number of fused-ring (bicyclic) bond motifs is 1. The minimum Gasteiger partial charge on any atom is -0.493 e. The summed E-state index contributed by atoms with van der Waals surface area (Å²) in [4.78, 5) is 11.3. The van der Waals surface area contributed by atoms with Crippen LogP contribution in [0, 0.1) is 0 Å². The number of ether oxygens (including phenoxy) is 2. The molecule has 6 nitrogen and oxygen atoms in total. The van der Waals surface area contributed by atoms with Gasteiger partial charge in [0.25, 0.3) is 0 Å². The number of nitrogens with zero attached hydrogens (tertiary/aromatic N) is 3. The monoisotopic (exact) mass is 274 g/mol. The maximum absolute atomic E-state index is 5.32. The predicted molar refractivity (Wildman–Crippen MR) is 77.7 cm³/mol. The molecule has 1 aliphatic heterocycles. The van der Waals surface area contributed by atoms with Crippen LogP contribution in [-0.2, 0) is 0 Å². The van der Waals surface area contributed by atoms with Crippen molar-refractivity contribution in [3.63, 3.8) is 0 Å². The average molecular weight is 274 g/mol. The Labute approximate surface area is 117 Å². The maximum Gasteiger partial charge on any atom is 0.225 e. The highest BCUT2D eigenvalue weighted by Crippen LogP contribution is 2.31. The van der Waals surface area contributed by atoms with E-state index in [1.54, 1.807) is 14.2 Å². The fraction of sp³-hybridized carbons (Fsp3) is 0.429. The Morgan fingerprint density at radius 1 is 1.10 bits per heavy atom. The highest BCUT2D eigenvalue weighted by atomic mass is 16.5. The van der Waals surface area contributed by atoms with Crippen molar-refractivity contribution in [2.75, 3.05) is 45.3 Å². The van der Waals surface area contributed by atoms with Gasteiger partial charge in [-0.3, -0.25) is 0 Å². The largest absolute Gasteiger partial charge is 0.493 e. The van der Waals surface area contributed by atoms with E-state index in [1.807, 2.05) is 18.3 Å². The highest BCUT2D eigenvalue weighted by Gasteiger charge is 2.14. The number of hydrogen-bond donors (Lipinski definition) is 1. The highest BCUT2D eigenvalue weighted by molar-refractivity contribution is 5.82. The van der Waals surface area contributed by atoms with Crippen LogP contribution in [0.25, 0.3) is 10.9 Å². The van der Waals surface area contributed by atoms with Crippen LogP contribution in [0.2, 0.25) is 0 Å². The standard InChI is InChI=1S/C14H18N4O2/c1-19-12-7-10-9-16-14(18-5-3-15-4-6-18)17-11(10)8-13(12)20-2/h7-9,15H,3-6H2,1-2H3. The molecule has 0 bridgehead atoms. The first-order chi connectivity index (χ1) is 9.81.